The van der Waals surface area contributed by atoms with Crippen LogP contribution in [-0.4, -0.2) is 15.3 Å². The summed E-state index contributed by atoms with van der Waals surface area (Å²) in [6.45, 7) is 0.161. The van der Waals surface area contributed by atoms with Gasteiger partial charge < -0.3 is 10.3 Å². The SMILES string of the molecule is Nc1nc2cc(Cl)ccc2n1CC(=O)c1ccccc1. The van der Waals surface area contributed by atoms with E-state index in [9.17, 15) is 4.79 Å². The van der Waals surface area contributed by atoms with Gasteiger partial charge in [0.15, 0.2) is 5.78 Å². The zero-order valence-electron chi connectivity index (χ0n) is 10.6. The van der Waals surface area contributed by atoms with Gasteiger partial charge in [-0.3, -0.25) is 4.79 Å². The van der Waals surface area contributed by atoms with E-state index in [1.54, 1.807) is 28.8 Å². The predicted octanol–water partition coefficient (Wildman–Crippen LogP) is 3.15. The highest BCUT2D eigenvalue weighted by Crippen LogP contribution is 2.22. The van der Waals surface area contributed by atoms with Crippen molar-refractivity contribution in [2.24, 2.45) is 0 Å². The summed E-state index contributed by atoms with van der Waals surface area (Å²) in [6, 6.07) is 14.4. The predicted molar refractivity (Wildman–Crippen MR) is 79.9 cm³/mol. The minimum Gasteiger partial charge on any atom is -0.369 e. The Morgan fingerprint density at radius 1 is 1.20 bits per heavy atom. The lowest BCUT2D eigenvalue weighted by molar-refractivity contribution is 0.0974. The van der Waals surface area contributed by atoms with Crippen LogP contribution in [0.4, 0.5) is 5.95 Å². The molecule has 3 aromatic rings. The summed E-state index contributed by atoms with van der Waals surface area (Å²) in [5, 5.41) is 0.594. The fourth-order valence-corrected chi connectivity index (χ4v) is 2.31. The topological polar surface area (TPSA) is 60.9 Å². The van der Waals surface area contributed by atoms with Crippen LogP contribution in [0, 0.1) is 0 Å². The Labute approximate surface area is 120 Å². The number of halogens is 1. The summed E-state index contributed by atoms with van der Waals surface area (Å²) in [4.78, 5) is 16.5. The van der Waals surface area contributed by atoms with Crippen molar-refractivity contribution < 1.29 is 4.79 Å². The Bertz CT molecular complexity index is 780. The van der Waals surface area contributed by atoms with E-state index < -0.39 is 0 Å². The molecule has 0 unspecified atom stereocenters. The summed E-state index contributed by atoms with van der Waals surface area (Å²) < 4.78 is 1.70. The maximum atomic E-state index is 12.2. The lowest BCUT2D eigenvalue weighted by Crippen LogP contribution is -2.12. The Morgan fingerprint density at radius 2 is 1.95 bits per heavy atom. The Kier molecular flexibility index (Phi) is 3.16. The number of rotatable bonds is 3. The number of nitrogens with two attached hydrogens (primary N) is 1. The van der Waals surface area contributed by atoms with Crippen LogP contribution in [-0.2, 0) is 6.54 Å². The van der Waals surface area contributed by atoms with Crippen molar-refractivity contribution in [1.82, 2.24) is 9.55 Å². The molecule has 2 N–H and O–H groups in total. The number of aromatic nitrogens is 2. The molecule has 0 fully saturated rings. The average Bonchev–Trinajstić information content (AvgIpc) is 2.75. The zero-order valence-corrected chi connectivity index (χ0v) is 11.3. The van der Waals surface area contributed by atoms with Gasteiger partial charge in [-0.05, 0) is 18.2 Å². The summed E-state index contributed by atoms with van der Waals surface area (Å²) in [7, 11) is 0. The molecule has 0 amide bonds. The molecule has 1 aromatic heterocycles. The molecule has 1 heterocycles. The van der Waals surface area contributed by atoms with Crippen LogP contribution in [0.1, 0.15) is 10.4 Å². The van der Waals surface area contributed by atoms with Crippen LogP contribution in [0.2, 0.25) is 5.02 Å². The minimum atomic E-state index is -0.00782. The second-order valence-electron chi connectivity index (χ2n) is 4.48. The molecule has 100 valence electrons. The van der Waals surface area contributed by atoms with Crippen molar-refractivity contribution in [2.45, 2.75) is 6.54 Å². The number of carbonyl (C=O) groups excluding carboxylic acids is 1. The summed E-state index contributed by atoms with van der Waals surface area (Å²) in [6.07, 6.45) is 0. The number of fused-ring (bicyclic) bond motifs is 1. The second-order valence-corrected chi connectivity index (χ2v) is 4.91. The van der Waals surface area contributed by atoms with Gasteiger partial charge in [-0.25, -0.2) is 4.98 Å². The quantitative estimate of drug-likeness (QED) is 0.752. The molecule has 0 saturated heterocycles. The molecule has 0 aliphatic carbocycles. The Morgan fingerprint density at radius 3 is 2.70 bits per heavy atom. The summed E-state index contributed by atoms with van der Waals surface area (Å²) >= 11 is 5.92. The highest BCUT2D eigenvalue weighted by molar-refractivity contribution is 6.31. The first kappa shape index (κ1) is 12.7. The lowest BCUT2D eigenvalue weighted by atomic mass is 10.1. The normalized spacial score (nSPS) is 10.8. The highest BCUT2D eigenvalue weighted by Gasteiger charge is 2.13. The van der Waals surface area contributed by atoms with Crippen LogP contribution in [0.15, 0.2) is 48.5 Å². The van der Waals surface area contributed by atoms with E-state index in [1.807, 2.05) is 24.3 Å². The number of nitrogen functional groups attached to an aromatic ring is 1. The van der Waals surface area contributed by atoms with Crippen LogP contribution in [0.3, 0.4) is 0 Å². The van der Waals surface area contributed by atoms with Crippen molar-refractivity contribution in [3.8, 4) is 0 Å². The van der Waals surface area contributed by atoms with E-state index in [1.165, 1.54) is 0 Å². The van der Waals surface area contributed by atoms with E-state index in [2.05, 4.69) is 4.98 Å². The van der Waals surface area contributed by atoms with Gasteiger partial charge in [0.25, 0.3) is 0 Å². The molecule has 0 bridgehead atoms. The van der Waals surface area contributed by atoms with Gasteiger partial charge in [-0.1, -0.05) is 41.9 Å². The number of imidazole rings is 1. The molecule has 0 aliphatic heterocycles. The molecular weight excluding hydrogens is 274 g/mol. The zero-order chi connectivity index (χ0) is 14.1. The first-order valence-corrected chi connectivity index (χ1v) is 6.52. The van der Waals surface area contributed by atoms with Crippen LogP contribution >= 0.6 is 11.6 Å². The van der Waals surface area contributed by atoms with E-state index in [0.29, 0.717) is 22.1 Å². The molecule has 4 nitrogen and oxygen atoms in total. The number of anilines is 1. The summed E-state index contributed by atoms with van der Waals surface area (Å²) in [5.74, 6) is 0.304. The number of carbonyl (C=O) groups is 1. The molecule has 20 heavy (non-hydrogen) atoms. The molecule has 3 rings (SSSR count). The Hall–Kier alpha value is -2.33. The van der Waals surface area contributed by atoms with Gasteiger partial charge >= 0.3 is 0 Å². The van der Waals surface area contributed by atoms with Gasteiger partial charge in [-0.2, -0.15) is 0 Å². The highest BCUT2D eigenvalue weighted by atomic mass is 35.5. The van der Waals surface area contributed by atoms with Crippen molar-refractivity contribution in [3.05, 3.63) is 59.1 Å². The standard InChI is InChI=1S/C15H12ClN3O/c16-11-6-7-13-12(8-11)18-15(17)19(13)9-14(20)10-4-2-1-3-5-10/h1-8H,9H2,(H2,17,18). The smallest absolute Gasteiger partial charge is 0.201 e. The van der Waals surface area contributed by atoms with E-state index >= 15 is 0 Å². The van der Waals surface area contributed by atoms with E-state index in [4.69, 9.17) is 17.3 Å². The number of Topliss-reactive ketones (excluding diaryl/α,β-unsaturated/α-hetero) is 1. The van der Waals surface area contributed by atoms with Crippen molar-refractivity contribution in [3.63, 3.8) is 0 Å². The Balaban J connectivity index is 1.99. The molecule has 5 heteroatoms. The number of ketones is 1. The lowest BCUT2D eigenvalue weighted by Gasteiger charge is -2.05. The van der Waals surface area contributed by atoms with Crippen molar-refractivity contribution in [1.29, 1.82) is 0 Å². The van der Waals surface area contributed by atoms with Gasteiger partial charge in [0.1, 0.15) is 0 Å². The van der Waals surface area contributed by atoms with Crippen LogP contribution < -0.4 is 5.73 Å². The molecule has 0 atom stereocenters. The monoisotopic (exact) mass is 285 g/mol. The number of hydrogen-bond donors (Lipinski definition) is 1. The maximum absolute atomic E-state index is 12.2. The van der Waals surface area contributed by atoms with Crippen LogP contribution in [0.25, 0.3) is 11.0 Å². The number of benzene rings is 2. The second kappa shape index (κ2) is 4.98. The molecule has 0 saturated carbocycles. The molecule has 2 aromatic carbocycles. The van der Waals surface area contributed by atoms with Gasteiger partial charge in [0, 0.05) is 10.6 Å². The van der Waals surface area contributed by atoms with Crippen molar-refractivity contribution >= 4 is 34.4 Å². The third-order valence-electron chi connectivity index (χ3n) is 3.14. The minimum absolute atomic E-state index is 0.00782. The third-order valence-corrected chi connectivity index (χ3v) is 3.37. The molecule has 0 spiro atoms. The molecule has 0 aliphatic rings. The fourth-order valence-electron chi connectivity index (χ4n) is 2.15. The number of hydrogen-bond acceptors (Lipinski definition) is 3. The maximum Gasteiger partial charge on any atom is 0.201 e. The van der Waals surface area contributed by atoms with Gasteiger partial charge in [-0.15, -0.1) is 0 Å². The van der Waals surface area contributed by atoms with E-state index in [-0.39, 0.29) is 12.3 Å². The fraction of sp³-hybridized carbons (Fsp3) is 0.0667. The summed E-state index contributed by atoms with van der Waals surface area (Å²) in [5.41, 5.74) is 8.03. The largest absolute Gasteiger partial charge is 0.369 e. The van der Waals surface area contributed by atoms with Gasteiger partial charge in [0.05, 0.1) is 17.6 Å². The molecule has 0 radical (unpaired) electrons. The number of nitrogens with zero attached hydrogens (tertiary/aromatic N) is 2. The van der Waals surface area contributed by atoms with Crippen molar-refractivity contribution in [2.75, 3.05) is 5.73 Å². The van der Waals surface area contributed by atoms with E-state index in [0.717, 1.165) is 5.52 Å². The van der Waals surface area contributed by atoms with Gasteiger partial charge in [0.2, 0.25) is 5.95 Å². The third kappa shape index (κ3) is 2.26. The molecular formula is C15H12ClN3O. The van der Waals surface area contributed by atoms with Crippen LogP contribution in [0.5, 0.6) is 0 Å². The first-order chi connectivity index (χ1) is 9.65. The average molecular weight is 286 g/mol. The first-order valence-electron chi connectivity index (χ1n) is 6.14.